The van der Waals surface area contributed by atoms with Crippen LogP contribution in [-0.2, 0) is 6.54 Å². The molecular weight excluding hydrogens is 392 g/mol. The first-order valence-corrected chi connectivity index (χ1v) is 8.26. The number of rotatable bonds is 5. The van der Waals surface area contributed by atoms with Gasteiger partial charge in [-0.05, 0) is 44.8 Å². The highest BCUT2D eigenvalue weighted by molar-refractivity contribution is 9.11. The number of thiophene rings is 1. The Morgan fingerprint density at radius 3 is 2.79 bits per heavy atom. The molecule has 0 aromatic carbocycles. The zero-order valence-corrected chi connectivity index (χ0v) is 14.6. The minimum absolute atomic E-state index is 0.817. The molecule has 0 radical (unpaired) electrons. The molecule has 0 bridgehead atoms. The van der Waals surface area contributed by atoms with Crippen molar-refractivity contribution in [2.75, 3.05) is 23.8 Å². The quantitative estimate of drug-likeness (QED) is 0.811. The highest BCUT2D eigenvalue weighted by Crippen LogP contribution is 2.30. The molecule has 1 N–H and O–H groups in total. The Kier molecular flexibility index (Phi) is 5.18. The molecule has 0 atom stereocenters. The minimum Gasteiger partial charge on any atom is -0.369 e. The SMILES string of the molecule is CCNc1ncnc(N(C)Cc2cc(Br)cs2)c1Br. The number of hydrogen-bond donors (Lipinski definition) is 1. The molecule has 0 aliphatic heterocycles. The van der Waals surface area contributed by atoms with Crippen molar-refractivity contribution in [2.24, 2.45) is 0 Å². The summed E-state index contributed by atoms with van der Waals surface area (Å²) in [5, 5.41) is 5.30. The molecule has 7 heteroatoms. The Morgan fingerprint density at radius 2 is 2.16 bits per heavy atom. The first-order valence-electron chi connectivity index (χ1n) is 5.80. The summed E-state index contributed by atoms with van der Waals surface area (Å²) in [6.45, 7) is 3.69. The third kappa shape index (κ3) is 3.67. The van der Waals surface area contributed by atoms with Crippen molar-refractivity contribution < 1.29 is 0 Å². The smallest absolute Gasteiger partial charge is 0.148 e. The van der Waals surface area contributed by atoms with Gasteiger partial charge < -0.3 is 10.2 Å². The second-order valence-corrected chi connectivity index (χ2v) is 6.68. The van der Waals surface area contributed by atoms with Crippen molar-refractivity contribution >= 4 is 54.8 Å². The highest BCUT2D eigenvalue weighted by Gasteiger charge is 2.13. The molecule has 19 heavy (non-hydrogen) atoms. The van der Waals surface area contributed by atoms with Gasteiger partial charge in [0.25, 0.3) is 0 Å². The lowest BCUT2D eigenvalue weighted by Crippen LogP contribution is -2.18. The molecule has 0 unspecified atom stereocenters. The van der Waals surface area contributed by atoms with Gasteiger partial charge in [0.15, 0.2) is 0 Å². The van der Waals surface area contributed by atoms with Gasteiger partial charge in [-0.15, -0.1) is 11.3 Å². The third-order valence-electron chi connectivity index (χ3n) is 2.49. The first kappa shape index (κ1) is 14.7. The predicted molar refractivity (Wildman–Crippen MR) is 88.0 cm³/mol. The Labute approximate surface area is 133 Å². The van der Waals surface area contributed by atoms with Crippen molar-refractivity contribution in [3.05, 3.63) is 31.6 Å². The number of aromatic nitrogens is 2. The number of anilines is 2. The van der Waals surface area contributed by atoms with Gasteiger partial charge in [0, 0.05) is 28.3 Å². The fourth-order valence-corrected chi connectivity index (χ4v) is 3.81. The minimum atomic E-state index is 0.817. The van der Waals surface area contributed by atoms with Crippen LogP contribution in [0.2, 0.25) is 0 Å². The molecular formula is C12H14Br2N4S. The Hall–Kier alpha value is -0.660. The van der Waals surface area contributed by atoms with Crippen LogP contribution in [0, 0.1) is 0 Å². The summed E-state index contributed by atoms with van der Waals surface area (Å²) >= 11 is 8.77. The summed E-state index contributed by atoms with van der Waals surface area (Å²) in [4.78, 5) is 12.0. The van der Waals surface area contributed by atoms with Crippen LogP contribution in [0.15, 0.2) is 26.7 Å². The highest BCUT2D eigenvalue weighted by atomic mass is 79.9. The summed E-state index contributed by atoms with van der Waals surface area (Å²) in [5.74, 6) is 1.71. The van der Waals surface area contributed by atoms with Gasteiger partial charge in [-0.2, -0.15) is 0 Å². The topological polar surface area (TPSA) is 41.1 Å². The van der Waals surface area contributed by atoms with E-state index in [0.29, 0.717) is 0 Å². The standard InChI is InChI=1S/C12H14Br2N4S/c1-3-15-11-10(14)12(17-7-16-11)18(2)5-9-4-8(13)6-19-9/h4,6-7H,3,5H2,1-2H3,(H,15,16,17). The largest absolute Gasteiger partial charge is 0.369 e. The molecule has 2 rings (SSSR count). The lowest BCUT2D eigenvalue weighted by Gasteiger charge is -2.19. The second kappa shape index (κ2) is 6.67. The van der Waals surface area contributed by atoms with E-state index < -0.39 is 0 Å². The van der Waals surface area contributed by atoms with E-state index in [4.69, 9.17) is 0 Å². The van der Waals surface area contributed by atoms with Crippen molar-refractivity contribution in [3.8, 4) is 0 Å². The summed E-state index contributed by atoms with van der Waals surface area (Å²) in [6, 6.07) is 2.13. The zero-order chi connectivity index (χ0) is 13.8. The molecule has 2 aromatic rings. The summed E-state index contributed by atoms with van der Waals surface area (Å²) in [6.07, 6.45) is 1.58. The van der Waals surface area contributed by atoms with Crippen molar-refractivity contribution in [2.45, 2.75) is 13.5 Å². The molecule has 0 saturated carbocycles. The van der Waals surface area contributed by atoms with Gasteiger partial charge in [0.05, 0.1) is 6.54 Å². The van der Waals surface area contributed by atoms with E-state index in [0.717, 1.165) is 33.7 Å². The van der Waals surface area contributed by atoms with Crippen LogP contribution in [0.5, 0.6) is 0 Å². The first-order chi connectivity index (χ1) is 9.11. The molecule has 0 fully saturated rings. The van der Waals surface area contributed by atoms with Gasteiger partial charge in [-0.25, -0.2) is 9.97 Å². The lowest BCUT2D eigenvalue weighted by atomic mass is 10.4. The maximum atomic E-state index is 4.34. The maximum Gasteiger partial charge on any atom is 0.148 e. The molecule has 0 saturated heterocycles. The summed E-state index contributed by atoms with van der Waals surface area (Å²) in [5.41, 5.74) is 0. The average molecular weight is 406 g/mol. The zero-order valence-electron chi connectivity index (χ0n) is 10.7. The van der Waals surface area contributed by atoms with Gasteiger partial charge in [-0.1, -0.05) is 0 Å². The summed E-state index contributed by atoms with van der Waals surface area (Å²) in [7, 11) is 2.02. The fourth-order valence-electron chi connectivity index (χ4n) is 1.66. The van der Waals surface area contributed by atoms with E-state index in [1.165, 1.54) is 4.88 Å². The number of nitrogens with zero attached hydrogens (tertiary/aromatic N) is 3. The molecule has 0 amide bonds. The number of hydrogen-bond acceptors (Lipinski definition) is 5. The molecule has 4 nitrogen and oxygen atoms in total. The second-order valence-electron chi connectivity index (χ2n) is 3.98. The van der Waals surface area contributed by atoms with Gasteiger partial charge in [0.2, 0.25) is 0 Å². The molecule has 2 heterocycles. The van der Waals surface area contributed by atoms with Crippen molar-refractivity contribution in [1.82, 2.24) is 9.97 Å². The Balaban J connectivity index is 2.18. The molecule has 0 spiro atoms. The fraction of sp³-hybridized carbons (Fsp3) is 0.333. The lowest BCUT2D eigenvalue weighted by molar-refractivity contribution is 0.898. The molecule has 0 aliphatic carbocycles. The van der Waals surface area contributed by atoms with E-state index in [1.807, 2.05) is 14.0 Å². The molecule has 2 aromatic heterocycles. The van der Waals surface area contributed by atoms with E-state index in [-0.39, 0.29) is 0 Å². The van der Waals surface area contributed by atoms with E-state index in [2.05, 4.69) is 63.5 Å². The normalized spacial score (nSPS) is 10.5. The van der Waals surface area contributed by atoms with Gasteiger partial charge in [-0.3, -0.25) is 0 Å². The van der Waals surface area contributed by atoms with Gasteiger partial charge >= 0.3 is 0 Å². The Morgan fingerprint density at radius 1 is 1.37 bits per heavy atom. The molecule has 0 aliphatic rings. The van der Waals surface area contributed by atoms with Crippen molar-refractivity contribution in [1.29, 1.82) is 0 Å². The van der Waals surface area contributed by atoms with Crippen LogP contribution in [0.25, 0.3) is 0 Å². The average Bonchev–Trinajstić information content (AvgIpc) is 2.77. The third-order valence-corrected chi connectivity index (χ3v) is 4.90. The number of nitrogens with one attached hydrogen (secondary N) is 1. The van der Waals surface area contributed by atoms with Crippen LogP contribution in [-0.4, -0.2) is 23.6 Å². The number of halogens is 2. The van der Waals surface area contributed by atoms with Gasteiger partial charge in [0.1, 0.15) is 22.4 Å². The van der Waals surface area contributed by atoms with Crippen molar-refractivity contribution in [3.63, 3.8) is 0 Å². The van der Waals surface area contributed by atoms with Crippen LogP contribution in [0.1, 0.15) is 11.8 Å². The van der Waals surface area contributed by atoms with E-state index >= 15 is 0 Å². The Bertz CT molecular complexity index is 558. The molecule has 102 valence electrons. The van der Waals surface area contributed by atoms with E-state index in [1.54, 1.807) is 17.7 Å². The van der Waals surface area contributed by atoms with Crippen LogP contribution in [0.3, 0.4) is 0 Å². The van der Waals surface area contributed by atoms with Crippen LogP contribution < -0.4 is 10.2 Å². The van der Waals surface area contributed by atoms with Crippen LogP contribution in [0.4, 0.5) is 11.6 Å². The predicted octanol–water partition coefficient (Wildman–Crippen LogP) is 4.13. The monoisotopic (exact) mass is 404 g/mol. The summed E-state index contributed by atoms with van der Waals surface area (Å²) < 4.78 is 2.02. The maximum absolute atomic E-state index is 4.34. The van der Waals surface area contributed by atoms with E-state index in [9.17, 15) is 0 Å². The van der Waals surface area contributed by atoms with Crippen LogP contribution >= 0.6 is 43.2 Å².